The molecule has 0 aliphatic carbocycles. The van der Waals surface area contributed by atoms with Crippen LogP contribution in [0.2, 0.25) is 0 Å². The van der Waals surface area contributed by atoms with E-state index in [-0.39, 0.29) is 12.0 Å². The number of ether oxygens (including phenoxy) is 2. The summed E-state index contributed by atoms with van der Waals surface area (Å²) < 4.78 is 10.7. The Kier molecular flexibility index (Phi) is 6.97. The Balaban J connectivity index is 1.94. The van der Waals surface area contributed by atoms with Gasteiger partial charge in [0.1, 0.15) is 0 Å². The van der Waals surface area contributed by atoms with Crippen molar-refractivity contribution in [2.75, 3.05) is 7.11 Å². The van der Waals surface area contributed by atoms with Gasteiger partial charge in [-0.1, -0.05) is 36.4 Å². The standard InChI is InChI=1S/C20H25NO3/c1-15(2)24-14-17-7-4-6-16(10-17)12-21-20(22)19-9-5-8-18(11-19)13-23-3/h4-11,15H,12-14H2,1-3H3,(H,21,22). The predicted molar refractivity (Wildman–Crippen MR) is 94.7 cm³/mol. The topological polar surface area (TPSA) is 47.6 Å². The van der Waals surface area contributed by atoms with Crippen molar-refractivity contribution in [2.24, 2.45) is 0 Å². The Bertz CT molecular complexity index is 667. The van der Waals surface area contributed by atoms with E-state index in [1.54, 1.807) is 13.2 Å². The van der Waals surface area contributed by atoms with E-state index in [1.807, 2.05) is 50.2 Å². The first-order chi connectivity index (χ1) is 11.6. The number of hydrogen-bond donors (Lipinski definition) is 1. The molecule has 0 saturated heterocycles. The van der Waals surface area contributed by atoms with E-state index in [2.05, 4.69) is 11.4 Å². The summed E-state index contributed by atoms with van der Waals surface area (Å²) in [6.07, 6.45) is 0.202. The van der Waals surface area contributed by atoms with Crippen molar-refractivity contribution in [3.05, 3.63) is 70.8 Å². The highest BCUT2D eigenvalue weighted by atomic mass is 16.5. The highest BCUT2D eigenvalue weighted by Crippen LogP contribution is 2.10. The van der Waals surface area contributed by atoms with Gasteiger partial charge in [0.2, 0.25) is 0 Å². The molecule has 2 rings (SSSR count). The van der Waals surface area contributed by atoms with Gasteiger partial charge in [0, 0.05) is 19.2 Å². The number of methoxy groups -OCH3 is 1. The lowest BCUT2D eigenvalue weighted by molar-refractivity contribution is 0.0657. The van der Waals surface area contributed by atoms with Gasteiger partial charge in [-0.25, -0.2) is 0 Å². The van der Waals surface area contributed by atoms with Crippen LogP contribution in [0, 0.1) is 0 Å². The molecule has 0 saturated carbocycles. The second-order valence-corrected chi connectivity index (χ2v) is 6.00. The molecule has 0 unspecified atom stereocenters. The average molecular weight is 327 g/mol. The van der Waals surface area contributed by atoms with E-state index < -0.39 is 0 Å². The molecule has 0 fully saturated rings. The molecule has 0 atom stereocenters. The molecule has 1 N–H and O–H groups in total. The van der Waals surface area contributed by atoms with Gasteiger partial charge in [-0.15, -0.1) is 0 Å². The zero-order valence-corrected chi connectivity index (χ0v) is 14.5. The van der Waals surface area contributed by atoms with E-state index in [9.17, 15) is 4.79 Å². The fraction of sp³-hybridized carbons (Fsp3) is 0.350. The van der Waals surface area contributed by atoms with Crippen LogP contribution >= 0.6 is 0 Å². The van der Waals surface area contributed by atoms with Crippen LogP contribution in [0.3, 0.4) is 0 Å². The summed E-state index contributed by atoms with van der Waals surface area (Å²) >= 11 is 0. The molecule has 0 bridgehead atoms. The van der Waals surface area contributed by atoms with Gasteiger partial charge in [0.25, 0.3) is 5.91 Å². The Morgan fingerprint density at radius 1 is 1.00 bits per heavy atom. The molecule has 0 spiro atoms. The largest absolute Gasteiger partial charge is 0.380 e. The second-order valence-electron chi connectivity index (χ2n) is 6.00. The molecule has 0 aliphatic rings. The molecular weight excluding hydrogens is 302 g/mol. The van der Waals surface area contributed by atoms with Crippen LogP contribution in [0.25, 0.3) is 0 Å². The summed E-state index contributed by atoms with van der Waals surface area (Å²) in [5.74, 6) is -0.0863. The molecule has 4 nitrogen and oxygen atoms in total. The minimum Gasteiger partial charge on any atom is -0.380 e. The van der Waals surface area contributed by atoms with Crippen LogP contribution < -0.4 is 5.32 Å². The highest BCUT2D eigenvalue weighted by molar-refractivity contribution is 5.94. The van der Waals surface area contributed by atoms with Crippen molar-refractivity contribution in [3.8, 4) is 0 Å². The first-order valence-corrected chi connectivity index (χ1v) is 8.14. The SMILES string of the molecule is COCc1cccc(C(=O)NCc2cccc(COC(C)C)c2)c1. The zero-order valence-electron chi connectivity index (χ0n) is 14.5. The van der Waals surface area contributed by atoms with Crippen LogP contribution in [0.4, 0.5) is 0 Å². The molecule has 4 heteroatoms. The van der Waals surface area contributed by atoms with Crippen molar-refractivity contribution >= 4 is 5.91 Å². The zero-order chi connectivity index (χ0) is 17.4. The summed E-state index contributed by atoms with van der Waals surface area (Å²) in [5.41, 5.74) is 3.79. The Morgan fingerprint density at radius 2 is 1.67 bits per heavy atom. The number of amides is 1. The van der Waals surface area contributed by atoms with Crippen molar-refractivity contribution in [2.45, 2.75) is 39.7 Å². The summed E-state index contributed by atoms with van der Waals surface area (Å²) in [6, 6.07) is 15.5. The second kappa shape index (κ2) is 9.21. The molecule has 0 aliphatic heterocycles. The van der Waals surface area contributed by atoms with E-state index in [0.29, 0.717) is 25.3 Å². The molecule has 1 amide bonds. The fourth-order valence-electron chi connectivity index (χ4n) is 2.35. The highest BCUT2D eigenvalue weighted by Gasteiger charge is 2.06. The predicted octanol–water partition coefficient (Wildman–Crippen LogP) is 3.69. The summed E-state index contributed by atoms with van der Waals surface area (Å²) in [5, 5.41) is 2.96. The minimum atomic E-state index is -0.0863. The maximum atomic E-state index is 12.3. The van der Waals surface area contributed by atoms with Crippen LogP contribution in [-0.2, 0) is 29.2 Å². The van der Waals surface area contributed by atoms with Crippen LogP contribution in [0.15, 0.2) is 48.5 Å². The van der Waals surface area contributed by atoms with Crippen LogP contribution in [0.1, 0.15) is 40.9 Å². The molecule has 0 aromatic heterocycles. The van der Waals surface area contributed by atoms with Gasteiger partial charge in [0.05, 0.1) is 19.3 Å². The third-order valence-electron chi connectivity index (χ3n) is 3.53. The normalized spacial score (nSPS) is 10.8. The quantitative estimate of drug-likeness (QED) is 0.804. The molecule has 0 radical (unpaired) electrons. The van der Waals surface area contributed by atoms with Gasteiger partial charge in [0.15, 0.2) is 0 Å². The van der Waals surface area contributed by atoms with Gasteiger partial charge in [-0.3, -0.25) is 4.79 Å². The maximum Gasteiger partial charge on any atom is 0.251 e. The van der Waals surface area contributed by atoms with Gasteiger partial charge >= 0.3 is 0 Å². The van der Waals surface area contributed by atoms with Gasteiger partial charge in [-0.2, -0.15) is 0 Å². The summed E-state index contributed by atoms with van der Waals surface area (Å²) in [4.78, 5) is 12.3. The molecule has 2 aromatic carbocycles. The third kappa shape index (κ3) is 5.80. The Labute approximate surface area is 143 Å². The first-order valence-electron chi connectivity index (χ1n) is 8.14. The third-order valence-corrected chi connectivity index (χ3v) is 3.53. The summed E-state index contributed by atoms with van der Waals surface area (Å²) in [7, 11) is 1.64. The van der Waals surface area contributed by atoms with Crippen molar-refractivity contribution in [1.82, 2.24) is 5.32 Å². The van der Waals surface area contributed by atoms with E-state index in [0.717, 1.165) is 16.7 Å². The molecular formula is C20H25NO3. The lowest BCUT2D eigenvalue weighted by Gasteiger charge is -2.10. The molecule has 0 heterocycles. The average Bonchev–Trinajstić information content (AvgIpc) is 2.59. The number of carbonyl (C=O) groups is 1. The van der Waals surface area contributed by atoms with Gasteiger partial charge in [-0.05, 0) is 42.7 Å². The van der Waals surface area contributed by atoms with E-state index in [1.165, 1.54) is 0 Å². The number of rotatable bonds is 8. The Morgan fingerprint density at radius 3 is 2.38 bits per heavy atom. The Hall–Kier alpha value is -2.17. The van der Waals surface area contributed by atoms with Crippen molar-refractivity contribution in [1.29, 1.82) is 0 Å². The maximum absolute atomic E-state index is 12.3. The molecule has 128 valence electrons. The fourth-order valence-corrected chi connectivity index (χ4v) is 2.35. The number of carbonyl (C=O) groups excluding carboxylic acids is 1. The van der Waals surface area contributed by atoms with E-state index in [4.69, 9.17) is 9.47 Å². The number of benzene rings is 2. The van der Waals surface area contributed by atoms with Crippen molar-refractivity contribution < 1.29 is 14.3 Å². The van der Waals surface area contributed by atoms with Crippen LogP contribution in [0.5, 0.6) is 0 Å². The summed E-state index contributed by atoms with van der Waals surface area (Å²) in [6.45, 7) is 5.60. The van der Waals surface area contributed by atoms with E-state index >= 15 is 0 Å². The molecule has 2 aromatic rings. The minimum absolute atomic E-state index is 0.0863. The van der Waals surface area contributed by atoms with Gasteiger partial charge < -0.3 is 14.8 Å². The smallest absolute Gasteiger partial charge is 0.251 e. The number of hydrogen-bond acceptors (Lipinski definition) is 3. The van der Waals surface area contributed by atoms with Crippen LogP contribution in [-0.4, -0.2) is 19.1 Å². The lowest BCUT2D eigenvalue weighted by atomic mass is 10.1. The molecule has 24 heavy (non-hydrogen) atoms. The number of nitrogens with one attached hydrogen (secondary N) is 1. The lowest BCUT2D eigenvalue weighted by Crippen LogP contribution is -2.23. The first kappa shape index (κ1) is 18.2. The van der Waals surface area contributed by atoms with Crippen molar-refractivity contribution in [3.63, 3.8) is 0 Å². The monoisotopic (exact) mass is 327 g/mol.